The van der Waals surface area contributed by atoms with E-state index in [1.54, 1.807) is 17.0 Å². The number of halogens is 2. The van der Waals surface area contributed by atoms with Crippen molar-refractivity contribution in [1.29, 1.82) is 0 Å². The Hall–Kier alpha value is -3.03. The zero-order valence-electron chi connectivity index (χ0n) is 13.1. The van der Waals surface area contributed by atoms with Crippen molar-refractivity contribution in [3.05, 3.63) is 69.8 Å². The van der Waals surface area contributed by atoms with Gasteiger partial charge in [-0.3, -0.25) is 14.9 Å². The molecule has 1 heterocycles. The van der Waals surface area contributed by atoms with Crippen molar-refractivity contribution < 1.29 is 18.5 Å². The van der Waals surface area contributed by atoms with E-state index in [-0.39, 0.29) is 23.1 Å². The van der Waals surface area contributed by atoms with Gasteiger partial charge in [-0.15, -0.1) is 0 Å². The fourth-order valence-electron chi connectivity index (χ4n) is 2.76. The van der Waals surface area contributed by atoms with E-state index >= 15 is 0 Å². The lowest BCUT2D eigenvalue weighted by Crippen LogP contribution is -2.33. The predicted molar refractivity (Wildman–Crippen MR) is 86.9 cm³/mol. The molecule has 3 rings (SSSR count). The van der Waals surface area contributed by atoms with Gasteiger partial charge in [0.1, 0.15) is 11.9 Å². The minimum absolute atomic E-state index is 0.0487. The highest BCUT2D eigenvalue weighted by Gasteiger charge is 2.32. The number of nitrogens with one attached hydrogen (secondary N) is 1. The molecule has 1 fully saturated rings. The number of benzene rings is 2. The van der Waals surface area contributed by atoms with Crippen LogP contribution in [0.25, 0.3) is 0 Å². The molecule has 0 saturated carbocycles. The first-order chi connectivity index (χ1) is 11.9. The van der Waals surface area contributed by atoms with Crippen LogP contribution >= 0.6 is 0 Å². The monoisotopic (exact) mass is 347 g/mol. The number of carbonyl (C=O) groups excluding carboxylic acids is 1. The van der Waals surface area contributed by atoms with Crippen LogP contribution in [0.5, 0.6) is 0 Å². The van der Waals surface area contributed by atoms with Crippen molar-refractivity contribution in [1.82, 2.24) is 4.90 Å². The van der Waals surface area contributed by atoms with E-state index in [2.05, 4.69) is 5.32 Å². The van der Waals surface area contributed by atoms with Crippen molar-refractivity contribution in [3.63, 3.8) is 0 Å². The van der Waals surface area contributed by atoms with E-state index in [0.29, 0.717) is 19.5 Å². The largest absolute Gasteiger partial charge is 0.371 e. The lowest BCUT2D eigenvalue weighted by molar-refractivity contribution is -0.385. The molecule has 0 aliphatic carbocycles. The van der Waals surface area contributed by atoms with Crippen molar-refractivity contribution in [2.45, 2.75) is 19.0 Å². The Morgan fingerprint density at radius 2 is 1.92 bits per heavy atom. The molecule has 2 aromatic rings. The van der Waals surface area contributed by atoms with Gasteiger partial charge in [0.2, 0.25) is 5.91 Å². The molecule has 25 heavy (non-hydrogen) atoms. The van der Waals surface area contributed by atoms with Gasteiger partial charge < -0.3 is 10.2 Å². The van der Waals surface area contributed by atoms with E-state index in [4.69, 9.17) is 0 Å². The molecule has 0 aromatic heterocycles. The maximum absolute atomic E-state index is 13.9. The lowest BCUT2D eigenvalue weighted by Gasteiger charge is -2.18. The van der Waals surface area contributed by atoms with Gasteiger partial charge in [-0.2, -0.15) is 0 Å². The molecule has 0 spiro atoms. The van der Waals surface area contributed by atoms with E-state index in [1.165, 1.54) is 24.3 Å². The van der Waals surface area contributed by atoms with Crippen LogP contribution in [0.15, 0.2) is 42.5 Å². The molecule has 1 N–H and O–H groups in total. The van der Waals surface area contributed by atoms with E-state index < -0.39 is 16.8 Å². The van der Waals surface area contributed by atoms with Crippen molar-refractivity contribution in [2.24, 2.45) is 0 Å². The van der Waals surface area contributed by atoms with Crippen LogP contribution in [0, 0.1) is 21.7 Å². The normalized spacial score (nSPS) is 17.0. The molecule has 0 bridgehead atoms. The molecule has 1 saturated heterocycles. The summed E-state index contributed by atoms with van der Waals surface area (Å²) >= 11 is 0. The fourth-order valence-corrected chi connectivity index (χ4v) is 2.76. The lowest BCUT2D eigenvalue weighted by atomic mass is 10.2. The number of likely N-dealkylation sites (tertiary alicyclic amines) is 1. The topological polar surface area (TPSA) is 75.5 Å². The average molecular weight is 347 g/mol. The third-order valence-corrected chi connectivity index (χ3v) is 4.08. The zero-order valence-corrected chi connectivity index (χ0v) is 13.1. The third kappa shape index (κ3) is 3.73. The van der Waals surface area contributed by atoms with E-state index in [0.717, 1.165) is 11.6 Å². The van der Waals surface area contributed by atoms with Crippen LogP contribution in [0.1, 0.15) is 12.0 Å². The summed E-state index contributed by atoms with van der Waals surface area (Å²) < 4.78 is 26.9. The van der Waals surface area contributed by atoms with Gasteiger partial charge >= 0.3 is 0 Å². The van der Waals surface area contributed by atoms with Crippen molar-refractivity contribution >= 4 is 17.3 Å². The Labute approximate surface area is 142 Å². The molecule has 1 aliphatic heterocycles. The van der Waals surface area contributed by atoms with Gasteiger partial charge in [0.15, 0.2) is 5.82 Å². The van der Waals surface area contributed by atoms with Crippen LogP contribution in [0.3, 0.4) is 0 Å². The Morgan fingerprint density at radius 1 is 1.20 bits per heavy atom. The fraction of sp³-hybridized carbons (Fsp3) is 0.235. The summed E-state index contributed by atoms with van der Waals surface area (Å²) in [5.41, 5.74) is 0.503. The number of nitro benzene ring substituents is 1. The number of amides is 1. The Balaban J connectivity index is 1.66. The van der Waals surface area contributed by atoms with Crippen LogP contribution in [0.2, 0.25) is 0 Å². The van der Waals surface area contributed by atoms with E-state index in [9.17, 15) is 23.7 Å². The molecule has 1 amide bonds. The second-order valence-electron chi connectivity index (χ2n) is 5.79. The first kappa shape index (κ1) is 16.8. The van der Waals surface area contributed by atoms with Crippen molar-refractivity contribution in [2.75, 3.05) is 11.9 Å². The van der Waals surface area contributed by atoms with Crippen LogP contribution < -0.4 is 5.32 Å². The standard InChI is InChI=1S/C17H15F2N3O3/c18-12-3-1-11(2-4-12)10-21-8-7-16(17(21)23)20-15-6-5-13(22(24)25)9-14(15)19/h1-6,9,16,20H,7-8,10H2. The zero-order chi connectivity index (χ0) is 18.0. The molecular formula is C17H15F2N3O3. The summed E-state index contributed by atoms with van der Waals surface area (Å²) in [5, 5.41) is 13.4. The highest BCUT2D eigenvalue weighted by Crippen LogP contribution is 2.24. The maximum Gasteiger partial charge on any atom is 0.272 e. The first-order valence-corrected chi connectivity index (χ1v) is 7.68. The summed E-state index contributed by atoms with van der Waals surface area (Å²) in [6.45, 7) is 0.836. The molecule has 1 aliphatic rings. The number of non-ortho nitro benzene ring substituents is 1. The molecule has 1 unspecified atom stereocenters. The number of carbonyl (C=O) groups is 1. The number of anilines is 1. The minimum atomic E-state index is -0.779. The Morgan fingerprint density at radius 3 is 2.56 bits per heavy atom. The molecular weight excluding hydrogens is 332 g/mol. The summed E-state index contributed by atoms with van der Waals surface area (Å²) in [5.74, 6) is -1.31. The van der Waals surface area contributed by atoms with Gasteiger partial charge in [-0.1, -0.05) is 12.1 Å². The number of nitro groups is 1. The minimum Gasteiger partial charge on any atom is -0.371 e. The van der Waals surface area contributed by atoms with Crippen LogP contribution in [0.4, 0.5) is 20.2 Å². The summed E-state index contributed by atoms with van der Waals surface area (Å²) in [6, 6.07) is 8.54. The SMILES string of the molecule is O=C1C(Nc2ccc([N+](=O)[O-])cc2F)CCN1Cc1ccc(F)cc1. The average Bonchev–Trinajstić information content (AvgIpc) is 2.92. The smallest absolute Gasteiger partial charge is 0.272 e. The quantitative estimate of drug-likeness (QED) is 0.666. The molecule has 2 aromatic carbocycles. The second-order valence-corrected chi connectivity index (χ2v) is 5.79. The van der Waals surface area contributed by atoms with Gasteiger partial charge in [0.05, 0.1) is 16.7 Å². The van der Waals surface area contributed by atoms with Crippen LogP contribution in [-0.4, -0.2) is 28.3 Å². The number of hydrogen-bond donors (Lipinski definition) is 1. The number of hydrogen-bond acceptors (Lipinski definition) is 4. The van der Waals surface area contributed by atoms with Gasteiger partial charge in [0, 0.05) is 19.2 Å². The highest BCUT2D eigenvalue weighted by atomic mass is 19.1. The molecule has 8 heteroatoms. The molecule has 130 valence electrons. The Bertz CT molecular complexity index is 811. The van der Waals surface area contributed by atoms with E-state index in [1.807, 2.05) is 0 Å². The third-order valence-electron chi connectivity index (χ3n) is 4.08. The van der Waals surface area contributed by atoms with Gasteiger partial charge in [-0.25, -0.2) is 8.78 Å². The molecule has 1 atom stereocenters. The van der Waals surface area contributed by atoms with Gasteiger partial charge in [0.25, 0.3) is 5.69 Å². The molecule has 0 radical (unpaired) electrons. The summed E-state index contributed by atoms with van der Waals surface area (Å²) in [7, 11) is 0. The highest BCUT2D eigenvalue weighted by molar-refractivity contribution is 5.86. The summed E-state index contributed by atoms with van der Waals surface area (Å²) in [4.78, 5) is 24.0. The second kappa shape index (κ2) is 6.84. The Kier molecular flexibility index (Phi) is 4.60. The predicted octanol–water partition coefficient (Wildman–Crippen LogP) is 3.09. The summed E-state index contributed by atoms with van der Waals surface area (Å²) in [6.07, 6.45) is 0.483. The first-order valence-electron chi connectivity index (χ1n) is 7.68. The van der Waals surface area contributed by atoms with Gasteiger partial charge in [-0.05, 0) is 30.2 Å². The van der Waals surface area contributed by atoms with Crippen molar-refractivity contribution in [3.8, 4) is 0 Å². The maximum atomic E-state index is 13.9. The number of nitrogens with zero attached hydrogens (tertiary/aromatic N) is 2. The number of rotatable bonds is 5. The van der Waals surface area contributed by atoms with Crippen LogP contribution in [-0.2, 0) is 11.3 Å². The molecule has 6 nitrogen and oxygen atoms in total.